The van der Waals surface area contributed by atoms with Crippen molar-refractivity contribution in [3.63, 3.8) is 0 Å². The number of hydrogen-bond acceptors (Lipinski definition) is 9. The van der Waals surface area contributed by atoms with Gasteiger partial charge in [0.2, 0.25) is 18.2 Å². The number of aromatic nitrogens is 6. The van der Waals surface area contributed by atoms with Crippen LogP contribution in [-0.2, 0) is 4.74 Å². The molecular formula is C23H25N7O4. The van der Waals surface area contributed by atoms with Crippen LogP contribution in [0.2, 0.25) is 0 Å². The maximum Gasteiger partial charge on any atom is 0.410 e. The summed E-state index contributed by atoms with van der Waals surface area (Å²) in [5.74, 6) is 1.48. The lowest BCUT2D eigenvalue weighted by atomic mass is 10.1. The quantitative estimate of drug-likeness (QED) is 0.437. The standard InChI is InChI=1S/C23H25N7O4/c1-23(2,3)34-22(31)29-10-8-16(9-11-29)30-19-18(12-27-30)21(25-13-24-19)33-17-6-4-15(5-7-17)20-28-26-14-32-20/h4-7,12-14,16H,8-11H2,1-3H3. The van der Waals surface area contributed by atoms with Crippen LogP contribution in [0.15, 0.2) is 47.6 Å². The van der Waals surface area contributed by atoms with Crippen molar-refractivity contribution in [2.24, 2.45) is 0 Å². The van der Waals surface area contributed by atoms with E-state index in [1.54, 1.807) is 11.1 Å². The average molecular weight is 463 g/mol. The van der Waals surface area contributed by atoms with Crippen molar-refractivity contribution in [2.45, 2.75) is 45.3 Å². The van der Waals surface area contributed by atoms with Crippen molar-refractivity contribution in [2.75, 3.05) is 13.1 Å². The third-order valence-electron chi connectivity index (χ3n) is 5.49. The largest absolute Gasteiger partial charge is 0.444 e. The Bertz CT molecular complexity index is 1270. The van der Waals surface area contributed by atoms with Gasteiger partial charge in [0.15, 0.2) is 5.65 Å². The van der Waals surface area contributed by atoms with Gasteiger partial charge in [-0.25, -0.2) is 19.4 Å². The van der Waals surface area contributed by atoms with Crippen molar-refractivity contribution in [1.82, 2.24) is 34.8 Å². The minimum Gasteiger partial charge on any atom is -0.444 e. The lowest BCUT2D eigenvalue weighted by Gasteiger charge is -2.33. The minimum atomic E-state index is -0.507. The van der Waals surface area contributed by atoms with Crippen LogP contribution < -0.4 is 4.74 Å². The van der Waals surface area contributed by atoms with Gasteiger partial charge in [-0.3, -0.25) is 0 Å². The van der Waals surface area contributed by atoms with E-state index in [0.29, 0.717) is 36.3 Å². The highest BCUT2D eigenvalue weighted by Crippen LogP contribution is 2.31. The van der Waals surface area contributed by atoms with Crippen molar-refractivity contribution in [3.8, 4) is 23.1 Å². The summed E-state index contributed by atoms with van der Waals surface area (Å²) in [6.45, 7) is 6.81. The fourth-order valence-corrected chi connectivity index (χ4v) is 3.88. The lowest BCUT2D eigenvalue weighted by Crippen LogP contribution is -2.42. The fraction of sp³-hybridized carbons (Fsp3) is 0.391. The number of amides is 1. The zero-order valence-electron chi connectivity index (χ0n) is 19.2. The number of piperidine rings is 1. The molecule has 11 nitrogen and oxygen atoms in total. The highest BCUT2D eigenvalue weighted by Gasteiger charge is 2.29. The molecule has 0 bridgehead atoms. The summed E-state index contributed by atoms with van der Waals surface area (Å²) in [5.41, 5.74) is 0.985. The molecule has 1 aromatic carbocycles. The van der Waals surface area contributed by atoms with Crippen LogP contribution in [0.5, 0.6) is 11.6 Å². The number of nitrogens with zero attached hydrogens (tertiary/aromatic N) is 7. The first-order chi connectivity index (χ1) is 16.4. The monoisotopic (exact) mass is 463 g/mol. The Hall–Kier alpha value is -4.02. The molecule has 0 unspecified atom stereocenters. The zero-order chi connectivity index (χ0) is 23.7. The van der Waals surface area contributed by atoms with E-state index in [2.05, 4.69) is 25.3 Å². The second kappa shape index (κ2) is 8.73. The first-order valence-corrected chi connectivity index (χ1v) is 11.1. The number of ether oxygens (including phenoxy) is 2. The molecular weight excluding hydrogens is 438 g/mol. The highest BCUT2D eigenvalue weighted by molar-refractivity contribution is 5.80. The zero-order valence-corrected chi connectivity index (χ0v) is 19.2. The predicted molar refractivity (Wildman–Crippen MR) is 121 cm³/mol. The summed E-state index contributed by atoms with van der Waals surface area (Å²) in [6.07, 6.45) is 5.72. The van der Waals surface area contributed by atoms with E-state index in [4.69, 9.17) is 13.9 Å². The Morgan fingerprint density at radius 2 is 1.88 bits per heavy atom. The number of carbonyl (C=O) groups is 1. The van der Waals surface area contributed by atoms with Gasteiger partial charge in [0, 0.05) is 18.7 Å². The Labute approximate surface area is 195 Å². The van der Waals surface area contributed by atoms with Crippen molar-refractivity contribution in [3.05, 3.63) is 43.2 Å². The molecule has 1 aliphatic rings. The molecule has 0 radical (unpaired) electrons. The van der Waals surface area contributed by atoms with Gasteiger partial charge in [-0.2, -0.15) is 5.10 Å². The minimum absolute atomic E-state index is 0.118. The summed E-state index contributed by atoms with van der Waals surface area (Å²) in [4.78, 5) is 22.9. The number of rotatable bonds is 4. The van der Waals surface area contributed by atoms with E-state index in [1.807, 2.05) is 49.7 Å². The van der Waals surface area contributed by atoms with Gasteiger partial charge in [0.05, 0.1) is 12.2 Å². The number of hydrogen-bond donors (Lipinski definition) is 0. The Balaban J connectivity index is 1.29. The normalized spacial score (nSPS) is 15.0. The average Bonchev–Trinajstić information content (AvgIpc) is 3.50. The van der Waals surface area contributed by atoms with Gasteiger partial charge in [0.1, 0.15) is 23.1 Å². The molecule has 0 N–H and O–H groups in total. The predicted octanol–water partition coefficient (Wildman–Crippen LogP) is 4.24. The molecule has 3 aromatic heterocycles. The Kier molecular flexibility index (Phi) is 5.60. The van der Waals surface area contributed by atoms with E-state index in [9.17, 15) is 4.79 Å². The molecule has 4 heterocycles. The van der Waals surface area contributed by atoms with Crippen LogP contribution in [0.1, 0.15) is 39.7 Å². The second-order valence-electron chi connectivity index (χ2n) is 9.07. The maximum atomic E-state index is 12.4. The van der Waals surface area contributed by atoms with E-state index in [-0.39, 0.29) is 12.1 Å². The van der Waals surface area contributed by atoms with Gasteiger partial charge in [0.25, 0.3) is 0 Å². The van der Waals surface area contributed by atoms with Crippen LogP contribution in [0.3, 0.4) is 0 Å². The van der Waals surface area contributed by atoms with E-state index >= 15 is 0 Å². The van der Waals surface area contributed by atoms with Crippen LogP contribution in [0.25, 0.3) is 22.5 Å². The van der Waals surface area contributed by atoms with Gasteiger partial charge < -0.3 is 18.8 Å². The molecule has 0 aliphatic carbocycles. The number of likely N-dealkylation sites (tertiary alicyclic amines) is 1. The van der Waals surface area contributed by atoms with E-state index in [0.717, 1.165) is 23.8 Å². The summed E-state index contributed by atoms with van der Waals surface area (Å²) < 4.78 is 18.6. The Morgan fingerprint density at radius 1 is 1.12 bits per heavy atom. The molecule has 11 heteroatoms. The van der Waals surface area contributed by atoms with Crippen molar-refractivity contribution < 1.29 is 18.7 Å². The molecule has 0 spiro atoms. The van der Waals surface area contributed by atoms with Crippen LogP contribution in [0.4, 0.5) is 4.79 Å². The fourth-order valence-electron chi connectivity index (χ4n) is 3.88. The number of carbonyl (C=O) groups excluding carboxylic acids is 1. The SMILES string of the molecule is CC(C)(C)OC(=O)N1CCC(n2ncc3c(Oc4ccc(-c5nnco5)cc4)ncnc32)CC1. The van der Waals surface area contributed by atoms with Gasteiger partial charge >= 0.3 is 6.09 Å². The molecule has 0 atom stereocenters. The number of fused-ring (bicyclic) bond motifs is 1. The molecule has 1 saturated heterocycles. The highest BCUT2D eigenvalue weighted by atomic mass is 16.6. The third kappa shape index (κ3) is 4.54. The summed E-state index contributed by atoms with van der Waals surface area (Å²) >= 11 is 0. The number of benzene rings is 1. The van der Waals surface area contributed by atoms with Crippen LogP contribution in [0, 0.1) is 0 Å². The van der Waals surface area contributed by atoms with Gasteiger partial charge in [-0.05, 0) is 57.9 Å². The van der Waals surface area contributed by atoms with Crippen molar-refractivity contribution in [1.29, 1.82) is 0 Å². The molecule has 5 rings (SSSR count). The van der Waals surface area contributed by atoms with Crippen molar-refractivity contribution >= 4 is 17.1 Å². The van der Waals surface area contributed by atoms with Gasteiger partial charge in [-0.1, -0.05) is 0 Å². The maximum absolute atomic E-state index is 12.4. The third-order valence-corrected chi connectivity index (χ3v) is 5.49. The van der Waals surface area contributed by atoms with Crippen LogP contribution in [-0.4, -0.2) is 59.6 Å². The molecule has 34 heavy (non-hydrogen) atoms. The van der Waals surface area contributed by atoms with Crippen LogP contribution >= 0.6 is 0 Å². The first kappa shape index (κ1) is 21.8. The smallest absolute Gasteiger partial charge is 0.410 e. The summed E-state index contributed by atoms with van der Waals surface area (Å²) in [7, 11) is 0. The summed E-state index contributed by atoms with van der Waals surface area (Å²) in [5, 5.41) is 12.9. The van der Waals surface area contributed by atoms with E-state index in [1.165, 1.54) is 12.7 Å². The van der Waals surface area contributed by atoms with Gasteiger partial charge in [-0.15, -0.1) is 10.2 Å². The molecule has 4 aromatic rings. The molecule has 0 saturated carbocycles. The second-order valence-corrected chi connectivity index (χ2v) is 9.07. The molecule has 1 amide bonds. The summed E-state index contributed by atoms with van der Waals surface area (Å²) in [6, 6.07) is 7.41. The Morgan fingerprint density at radius 3 is 2.56 bits per heavy atom. The van der Waals surface area contributed by atoms with E-state index < -0.39 is 5.60 Å². The molecule has 1 aliphatic heterocycles. The topological polar surface area (TPSA) is 121 Å². The lowest BCUT2D eigenvalue weighted by molar-refractivity contribution is 0.0186. The molecule has 176 valence electrons. The molecule has 1 fully saturated rings. The first-order valence-electron chi connectivity index (χ1n) is 11.1.